The van der Waals surface area contributed by atoms with E-state index < -0.39 is 0 Å². The van der Waals surface area contributed by atoms with Crippen molar-refractivity contribution in [2.45, 2.75) is 50.4 Å². The molecule has 24 heavy (non-hydrogen) atoms. The lowest BCUT2D eigenvalue weighted by atomic mass is 10.0. The average Bonchev–Trinajstić information content (AvgIpc) is 3.07. The number of thioether (sulfide) groups is 1. The first-order valence-electron chi connectivity index (χ1n) is 9.06. The first kappa shape index (κ1) is 16.1. The van der Waals surface area contributed by atoms with Gasteiger partial charge in [0.1, 0.15) is 5.82 Å². The number of rotatable bonds is 5. The lowest BCUT2D eigenvalue weighted by Crippen LogP contribution is -2.35. The molecule has 2 aliphatic rings. The molecule has 2 aromatic heterocycles. The van der Waals surface area contributed by atoms with Crippen LogP contribution in [0.25, 0.3) is 11.4 Å². The van der Waals surface area contributed by atoms with Gasteiger partial charge in [0.25, 0.3) is 0 Å². The molecule has 2 aromatic rings. The van der Waals surface area contributed by atoms with E-state index >= 15 is 0 Å². The first-order valence-corrected chi connectivity index (χ1v) is 10.1. The van der Waals surface area contributed by atoms with Crippen LogP contribution in [0.15, 0.2) is 24.5 Å². The van der Waals surface area contributed by atoms with Crippen molar-refractivity contribution in [3.8, 4) is 11.4 Å². The number of fused-ring (bicyclic) bond motifs is 1. The van der Waals surface area contributed by atoms with Gasteiger partial charge < -0.3 is 4.57 Å². The molecule has 0 N–H and O–H groups in total. The molecule has 0 bridgehead atoms. The summed E-state index contributed by atoms with van der Waals surface area (Å²) >= 11 is 2.18. The monoisotopic (exact) mass is 343 g/mol. The van der Waals surface area contributed by atoms with Crippen molar-refractivity contribution in [3.05, 3.63) is 30.4 Å². The van der Waals surface area contributed by atoms with Gasteiger partial charge in [-0.1, -0.05) is 19.3 Å². The summed E-state index contributed by atoms with van der Waals surface area (Å²) in [5.74, 6) is 3.28. The van der Waals surface area contributed by atoms with Crippen LogP contribution >= 0.6 is 11.8 Å². The van der Waals surface area contributed by atoms with E-state index in [4.69, 9.17) is 0 Å². The second kappa shape index (κ2) is 7.66. The molecule has 0 radical (unpaired) electrons. The minimum Gasteiger partial charge on any atom is -0.309 e. The molecule has 0 aromatic carbocycles. The average molecular weight is 344 g/mol. The van der Waals surface area contributed by atoms with Gasteiger partial charge in [0, 0.05) is 48.6 Å². The Morgan fingerprint density at radius 2 is 2.04 bits per heavy atom. The lowest BCUT2D eigenvalue weighted by molar-refractivity contribution is 0.230. The number of hydrogen-bond donors (Lipinski definition) is 0. The standard InChI is InChI=1S/C18H25N5S/c1-2-6-16(7-3-1)24-12-11-22-9-10-23-17(14-22)20-21-18(23)15-5-4-8-19-13-15/h4-5,8,13,16H,1-3,6-7,9-12,14H2. The van der Waals surface area contributed by atoms with Crippen LogP contribution < -0.4 is 0 Å². The van der Waals surface area contributed by atoms with Crippen molar-refractivity contribution in [2.24, 2.45) is 0 Å². The molecule has 1 aliphatic heterocycles. The normalized spacial score (nSPS) is 19.3. The summed E-state index contributed by atoms with van der Waals surface area (Å²) in [5, 5.41) is 9.72. The quantitative estimate of drug-likeness (QED) is 0.834. The number of hydrogen-bond acceptors (Lipinski definition) is 5. The van der Waals surface area contributed by atoms with Crippen LogP contribution in [0.4, 0.5) is 0 Å². The third-order valence-corrected chi connectivity index (χ3v) is 6.43. The van der Waals surface area contributed by atoms with Crippen LogP contribution in [-0.4, -0.2) is 48.7 Å². The van der Waals surface area contributed by atoms with Crippen LogP contribution in [-0.2, 0) is 13.1 Å². The van der Waals surface area contributed by atoms with Crippen molar-refractivity contribution < 1.29 is 0 Å². The molecule has 0 atom stereocenters. The van der Waals surface area contributed by atoms with E-state index in [1.807, 2.05) is 12.3 Å². The summed E-state index contributed by atoms with van der Waals surface area (Å²) in [6.45, 7) is 4.14. The Hall–Kier alpha value is -1.40. The Kier molecular flexibility index (Phi) is 5.13. The summed E-state index contributed by atoms with van der Waals surface area (Å²) in [5.41, 5.74) is 1.05. The van der Waals surface area contributed by atoms with Crippen LogP contribution in [0.3, 0.4) is 0 Å². The zero-order chi connectivity index (χ0) is 16.2. The smallest absolute Gasteiger partial charge is 0.165 e. The van der Waals surface area contributed by atoms with E-state index in [0.29, 0.717) is 0 Å². The van der Waals surface area contributed by atoms with Crippen LogP contribution in [0.1, 0.15) is 37.9 Å². The van der Waals surface area contributed by atoms with Crippen LogP contribution in [0.5, 0.6) is 0 Å². The molecule has 0 saturated heterocycles. The van der Waals surface area contributed by atoms with Gasteiger partial charge in [-0.15, -0.1) is 10.2 Å². The summed E-state index contributed by atoms with van der Waals surface area (Å²) in [6.07, 6.45) is 10.8. The molecule has 4 rings (SSSR count). The topological polar surface area (TPSA) is 46.8 Å². The SMILES string of the molecule is c1cncc(-c2nnc3n2CCN(CCSC2CCCCC2)C3)c1. The third kappa shape index (κ3) is 3.64. The maximum absolute atomic E-state index is 4.42. The highest BCUT2D eigenvalue weighted by molar-refractivity contribution is 7.99. The van der Waals surface area contributed by atoms with Gasteiger partial charge in [-0.25, -0.2) is 0 Å². The number of nitrogens with zero attached hydrogens (tertiary/aromatic N) is 5. The molecule has 0 unspecified atom stereocenters. The lowest BCUT2D eigenvalue weighted by Gasteiger charge is -2.28. The van der Waals surface area contributed by atoms with Gasteiger partial charge in [-0.2, -0.15) is 11.8 Å². The highest BCUT2D eigenvalue weighted by Gasteiger charge is 2.22. The van der Waals surface area contributed by atoms with Crippen molar-refractivity contribution in [3.63, 3.8) is 0 Å². The Morgan fingerprint density at radius 1 is 1.12 bits per heavy atom. The fraction of sp³-hybridized carbons (Fsp3) is 0.611. The van der Waals surface area contributed by atoms with Crippen LogP contribution in [0.2, 0.25) is 0 Å². The molecule has 0 amide bonds. The van der Waals surface area contributed by atoms with Gasteiger partial charge in [0.2, 0.25) is 0 Å². The molecule has 1 aliphatic carbocycles. The van der Waals surface area contributed by atoms with Crippen molar-refractivity contribution in [1.82, 2.24) is 24.6 Å². The predicted molar refractivity (Wildman–Crippen MR) is 97.9 cm³/mol. The summed E-state index contributed by atoms with van der Waals surface area (Å²) in [4.78, 5) is 6.72. The van der Waals surface area contributed by atoms with Crippen molar-refractivity contribution >= 4 is 11.8 Å². The molecule has 6 heteroatoms. The highest BCUT2D eigenvalue weighted by atomic mass is 32.2. The van der Waals surface area contributed by atoms with Gasteiger partial charge >= 0.3 is 0 Å². The van der Waals surface area contributed by atoms with Crippen molar-refractivity contribution in [1.29, 1.82) is 0 Å². The zero-order valence-electron chi connectivity index (χ0n) is 14.1. The maximum Gasteiger partial charge on any atom is 0.165 e. The Bertz CT molecular complexity index is 651. The molecule has 1 saturated carbocycles. The zero-order valence-corrected chi connectivity index (χ0v) is 14.9. The number of aromatic nitrogens is 4. The van der Waals surface area contributed by atoms with Crippen LogP contribution in [0, 0.1) is 0 Å². The second-order valence-electron chi connectivity index (χ2n) is 6.74. The largest absolute Gasteiger partial charge is 0.309 e. The van der Waals surface area contributed by atoms with Gasteiger partial charge in [0.05, 0.1) is 6.54 Å². The molecule has 1 fully saturated rings. The minimum absolute atomic E-state index is 0.907. The molecular formula is C18H25N5S. The van der Waals surface area contributed by atoms with E-state index in [-0.39, 0.29) is 0 Å². The molecule has 3 heterocycles. The Balaban J connectivity index is 1.32. The minimum atomic E-state index is 0.907. The fourth-order valence-corrected chi connectivity index (χ4v) is 5.05. The highest BCUT2D eigenvalue weighted by Crippen LogP contribution is 2.28. The van der Waals surface area contributed by atoms with Gasteiger partial charge in [0.15, 0.2) is 5.82 Å². The van der Waals surface area contributed by atoms with Gasteiger partial charge in [-0.05, 0) is 25.0 Å². The summed E-state index contributed by atoms with van der Waals surface area (Å²) in [7, 11) is 0. The molecule has 0 spiro atoms. The van der Waals surface area contributed by atoms with E-state index in [1.165, 1.54) is 37.9 Å². The maximum atomic E-state index is 4.42. The van der Waals surface area contributed by atoms with E-state index in [0.717, 1.165) is 48.6 Å². The molecule has 128 valence electrons. The third-order valence-electron chi connectivity index (χ3n) is 5.07. The number of pyridine rings is 1. The van der Waals surface area contributed by atoms with E-state index in [9.17, 15) is 0 Å². The first-order chi connectivity index (χ1) is 11.9. The summed E-state index contributed by atoms with van der Waals surface area (Å²) < 4.78 is 2.25. The summed E-state index contributed by atoms with van der Waals surface area (Å²) in [6, 6.07) is 4.01. The second-order valence-corrected chi connectivity index (χ2v) is 8.15. The Labute approximate surface area is 147 Å². The van der Waals surface area contributed by atoms with E-state index in [2.05, 4.69) is 42.5 Å². The molecule has 5 nitrogen and oxygen atoms in total. The fourth-order valence-electron chi connectivity index (χ4n) is 3.69. The Morgan fingerprint density at radius 3 is 2.88 bits per heavy atom. The van der Waals surface area contributed by atoms with Crippen molar-refractivity contribution in [2.75, 3.05) is 18.8 Å². The molecular weight excluding hydrogens is 318 g/mol. The van der Waals surface area contributed by atoms with Gasteiger partial charge in [-0.3, -0.25) is 9.88 Å². The van der Waals surface area contributed by atoms with E-state index in [1.54, 1.807) is 6.20 Å². The predicted octanol–water partition coefficient (Wildman–Crippen LogP) is 3.22.